The summed E-state index contributed by atoms with van der Waals surface area (Å²) in [6, 6.07) is 0. The van der Waals surface area contributed by atoms with Gasteiger partial charge in [0.2, 0.25) is 0 Å². The first-order valence-corrected chi connectivity index (χ1v) is 9.39. The summed E-state index contributed by atoms with van der Waals surface area (Å²) in [5.41, 5.74) is 3.42. The zero-order valence-electron chi connectivity index (χ0n) is 11.2. The fraction of sp³-hybridized carbons (Fsp3) is 0.846. The first kappa shape index (κ1) is 14.7. The Morgan fingerprint density at radius 2 is 1.80 bits per heavy atom. The number of rotatable bonds is 5. The first-order valence-electron chi connectivity index (χ1n) is 5.89. The van der Waals surface area contributed by atoms with Gasteiger partial charge in [0, 0.05) is 12.0 Å². The highest BCUT2D eigenvalue weighted by atomic mass is 28.3. The Morgan fingerprint density at radius 3 is 2.27 bits per heavy atom. The Morgan fingerprint density at radius 1 is 1.20 bits per heavy atom. The van der Waals surface area contributed by atoms with Crippen molar-refractivity contribution in [3.05, 3.63) is 0 Å². The SMILES string of the molecule is CCCCOCC(C)(C)C#C[Si](C)(C)C. The van der Waals surface area contributed by atoms with Crippen LogP contribution >= 0.6 is 0 Å². The molecule has 0 radical (unpaired) electrons. The van der Waals surface area contributed by atoms with E-state index < -0.39 is 8.07 Å². The number of hydrogen-bond acceptors (Lipinski definition) is 1. The average Bonchev–Trinajstić information content (AvgIpc) is 2.09. The molecule has 0 N–H and O–H groups in total. The number of hydrogen-bond donors (Lipinski definition) is 0. The predicted octanol–water partition coefficient (Wildman–Crippen LogP) is 3.71. The lowest BCUT2D eigenvalue weighted by molar-refractivity contribution is 0.0853. The zero-order valence-corrected chi connectivity index (χ0v) is 12.2. The topological polar surface area (TPSA) is 9.23 Å². The molecule has 0 aliphatic heterocycles. The third-order valence-electron chi connectivity index (χ3n) is 1.88. The van der Waals surface area contributed by atoms with Crippen LogP contribution in [0.5, 0.6) is 0 Å². The van der Waals surface area contributed by atoms with E-state index in [4.69, 9.17) is 4.74 Å². The molecule has 0 heterocycles. The van der Waals surface area contributed by atoms with Crippen LogP contribution in [0.1, 0.15) is 33.6 Å². The maximum atomic E-state index is 5.62. The molecule has 15 heavy (non-hydrogen) atoms. The van der Waals surface area contributed by atoms with Crippen molar-refractivity contribution < 1.29 is 4.74 Å². The minimum atomic E-state index is -1.24. The molecule has 0 aromatic heterocycles. The van der Waals surface area contributed by atoms with Crippen LogP contribution in [0.2, 0.25) is 19.6 Å². The molecule has 0 fully saturated rings. The highest BCUT2D eigenvalue weighted by Gasteiger charge is 2.16. The Balaban J connectivity index is 4.00. The molecule has 0 amide bonds. The van der Waals surface area contributed by atoms with Gasteiger partial charge in [-0.15, -0.1) is 11.5 Å². The summed E-state index contributed by atoms with van der Waals surface area (Å²) in [6.07, 6.45) is 2.35. The summed E-state index contributed by atoms with van der Waals surface area (Å²) in [4.78, 5) is 0. The van der Waals surface area contributed by atoms with Crippen molar-refractivity contribution in [2.24, 2.45) is 5.41 Å². The Labute approximate surface area is 96.6 Å². The van der Waals surface area contributed by atoms with E-state index in [1.807, 2.05) is 0 Å². The normalized spacial score (nSPS) is 12.1. The molecule has 0 spiro atoms. The van der Waals surface area contributed by atoms with Crippen LogP contribution in [0.15, 0.2) is 0 Å². The second kappa shape index (κ2) is 6.35. The summed E-state index contributed by atoms with van der Waals surface area (Å²) in [5, 5.41) is 0. The van der Waals surface area contributed by atoms with Gasteiger partial charge in [-0.3, -0.25) is 0 Å². The van der Waals surface area contributed by atoms with Crippen LogP contribution in [0, 0.1) is 16.9 Å². The summed E-state index contributed by atoms with van der Waals surface area (Å²) >= 11 is 0. The molecule has 0 aromatic carbocycles. The Kier molecular flexibility index (Phi) is 6.24. The minimum absolute atomic E-state index is 0.00796. The van der Waals surface area contributed by atoms with Crippen molar-refractivity contribution in [2.45, 2.75) is 53.3 Å². The fourth-order valence-electron chi connectivity index (χ4n) is 0.967. The van der Waals surface area contributed by atoms with Gasteiger partial charge in [0.05, 0.1) is 6.61 Å². The van der Waals surface area contributed by atoms with E-state index in [9.17, 15) is 0 Å². The van der Waals surface area contributed by atoms with Gasteiger partial charge in [0.25, 0.3) is 0 Å². The largest absolute Gasteiger partial charge is 0.380 e. The van der Waals surface area contributed by atoms with Crippen molar-refractivity contribution in [1.29, 1.82) is 0 Å². The van der Waals surface area contributed by atoms with Crippen molar-refractivity contribution in [3.63, 3.8) is 0 Å². The molecule has 0 bridgehead atoms. The number of unbranched alkanes of at least 4 members (excludes halogenated alkanes) is 1. The molecule has 2 heteroatoms. The van der Waals surface area contributed by atoms with E-state index in [1.54, 1.807) is 0 Å². The third-order valence-corrected chi connectivity index (χ3v) is 2.76. The van der Waals surface area contributed by atoms with E-state index in [2.05, 4.69) is 51.9 Å². The third kappa shape index (κ3) is 10.0. The quantitative estimate of drug-likeness (QED) is 0.394. The highest BCUT2D eigenvalue weighted by molar-refractivity contribution is 6.83. The molecule has 0 atom stereocenters. The summed E-state index contributed by atoms with van der Waals surface area (Å²) < 4.78 is 5.62. The van der Waals surface area contributed by atoms with Gasteiger partial charge in [0.15, 0.2) is 0 Å². The molecule has 0 aromatic rings. The lowest BCUT2D eigenvalue weighted by Gasteiger charge is -2.18. The van der Waals surface area contributed by atoms with E-state index in [1.165, 1.54) is 6.42 Å². The van der Waals surface area contributed by atoms with Gasteiger partial charge >= 0.3 is 0 Å². The highest BCUT2D eigenvalue weighted by Crippen LogP contribution is 2.14. The summed E-state index contributed by atoms with van der Waals surface area (Å²) in [5.74, 6) is 3.36. The van der Waals surface area contributed by atoms with Gasteiger partial charge in [-0.1, -0.05) is 33.0 Å². The smallest absolute Gasteiger partial charge is 0.129 e. The molecule has 0 unspecified atom stereocenters. The lowest BCUT2D eigenvalue weighted by Crippen LogP contribution is -2.22. The molecule has 0 rings (SSSR count). The van der Waals surface area contributed by atoms with E-state index in [0.29, 0.717) is 0 Å². The molecule has 1 nitrogen and oxygen atoms in total. The molecule has 0 aliphatic carbocycles. The predicted molar refractivity (Wildman–Crippen MR) is 70.6 cm³/mol. The molecule has 0 aliphatic rings. The van der Waals surface area contributed by atoms with Crippen LogP contribution in [-0.4, -0.2) is 21.3 Å². The van der Waals surface area contributed by atoms with Crippen molar-refractivity contribution in [3.8, 4) is 11.5 Å². The van der Waals surface area contributed by atoms with E-state index in [-0.39, 0.29) is 5.41 Å². The van der Waals surface area contributed by atoms with Crippen LogP contribution in [0.4, 0.5) is 0 Å². The monoisotopic (exact) mass is 226 g/mol. The minimum Gasteiger partial charge on any atom is -0.380 e. The second-order valence-corrected chi connectivity index (χ2v) is 10.5. The average molecular weight is 226 g/mol. The van der Waals surface area contributed by atoms with Gasteiger partial charge in [-0.2, -0.15) is 0 Å². The Bertz CT molecular complexity index is 227. The van der Waals surface area contributed by atoms with Crippen molar-refractivity contribution >= 4 is 8.07 Å². The molecular weight excluding hydrogens is 200 g/mol. The van der Waals surface area contributed by atoms with Crippen LogP contribution in [0.3, 0.4) is 0 Å². The van der Waals surface area contributed by atoms with E-state index >= 15 is 0 Å². The molecule has 0 saturated heterocycles. The maximum Gasteiger partial charge on any atom is 0.129 e. The second-order valence-electron chi connectivity index (χ2n) is 5.79. The fourth-order valence-corrected chi connectivity index (χ4v) is 1.68. The molecule has 0 saturated carbocycles. The zero-order chi connectivity index (χ0) is 11.9. The summed E-state index contributed by atoms with van der Waals surface area (Å²) in [6.45, 7) is 14.9. The maximum absolute atomic E-state index is 5.62. The standard InChI is InChI=1S/C13H26OSi/c1-7-8-10-14-12-13(2,3)9-11-15(4,5)6/h7-8,10,12H2,1-6H3. The van der Waals surface area contributed by atoms with Gasteiger partial charge < -0.3 is 4.74 Å². The molecule has 88 valence electrons. The molecular formula is C13H26OSi. The first-order chi connectivity index (χ1) is 6.77. The van der Waals surface area contributed by atoms with Gasteiger partial charge in [-0.25, -0.2) is 0 Å². The Hall–Kier alpha value is -0.263. The van der Waals surface area contributed by atoms with Crippen molar-refractivity contribution in [2.75, 3.05) is 13.2 Å². The van der Waals surface area contributed by atoms with Crippen LogP contribution < -0.4 is 0 Å². The van der Waals surface area contributed by atoms with Gasteiger partial charge in [0.1, 0.15) is 8.07 Å². The lowest BCUT2D eigenvalue weighted by atomic mass is 9.97. The van der Waals surface area contributed by atoms with E-state index in [0.717, 1.165) is 19.6 Å². The van der Waals surface area contributed by atoms with Gasteiger partial charge in [-0.05, 0) is 20.3 Å². The summed E-state index contributed by atoms with van der Waals surface area (Å²) in [7, 11) is -1.24. The van der Waals surface area contributed by atoms with Crippen LogP contribution in [0.25, 0.3) is 0 Å². The van der Waals surface area contributed by atoms with Crippen molar-refractivity contribution in [1.82, 2.24) is 0 Å². The van der Waals surface area contributed by atoms with Crippen LogP contribution in [-0.2, 0) is 4.74 Å². The number of ether oxygens (including phenoxy) is 1.